The molecule has 0 aliphatic heterocycles. The van der Waals surface area contributed by atoms with Crippen LogP contribution in [0.4, 0.5) is 0 Å². The van der Waals surface area contributed by atoms with Crippen molar-refractivity contribution in [3.63, 3.8) is 0 Å². The van der Waals surface area contributed by atoms with Crippen molar-refractivity contribution in [3.8, 4) is 5.69 Å². The van der Waals surface area contributed by atoms with E-state index in [1.165, 1.54) is 0 Å². The Bertz CT molecular complexity index is 480. The van der Waals surface area contributed by atoms with Crippen LogP contribution >= 0.6 is 11.6 Å². The van der Waals surface area contributed by atoms with Crippen molar-refractivity contribution < 1.29 is 0 Å². The van der Waals surface area contributed by atoms with Crippen LogP contribution in [0.25, 0.3) is 5.69 Å². The summed E-state index contributed by atoms with van der Waals surface area (Å²) in [6, 6.07) is 11.8. The van der Waals surface area contributed by atoms with Gasteiger partial charge < -0.3 is 0 Å². The Labute approximate surface area is 101 Å². The van der Waals surface area contributed by atoms with Crippen molar-refractivity contribution in [2.75, 3.05) is 0 Å². The van der Waals surface area contributed by atoms with Crippen LogP contribution in [0.15, 0.2) is 36.4 Å². The molecule has 0 saturated heterocycles. The molecule has 0 atom stereocenters. The Morgan fingerprint density at radius 1 is 1.12 bits per heavy atom. The first-order chi connectivity index (χ1) is 7.48. The zero-order valence-electron chi connectivity index (χ0n) is 9.74. The highest BCUT2D eigenvalue weighted by molar-refractivity contribution is 6.29. The van der Waals surface area contributed by atoms with Gasteiger partial charge in [-0.25, -0.2) is 4.68 Å². The Balaban J connectivity index is 2.48. The number of aromatic nitrogens is 2. The van der Waals surface area contributed by atoms with Crippen molar-refractivity contribution in [1.82, 2.24) is 9.78 Å². The first-order valence-electron chi connectivity index (χ1n) is 5.30. The summed E-state index contributed by atoms with van der Waals surface area (Å²) in [5.41, 5.74) is 2.01. The summed E-state index contributed by atoms with van der Waals surface area (Å²) in [7, 11) is 0. The molecular weight excluding hydrogens is 220 g/mol. The van der Waals surface area contributed by atoms with Crippen molar-refractivity contribution in [2.24, 2.45) is 0 Å². The predicted octanol–water partition coefficient (Wildman–Crippen LogP) is 3.82. The van der Waals surface area contributed by atoms with Crippen LogP contribution < -0.4 is 0 Å². The van der Waals surface area contributed by atoms with Gasteiger partial charge >= 0.3 is 0 Å². The van der Waals surface area contributed by atoms with E-state index in [-0.39, 0.29) is 5.41 Å². The molecule has 0 amide bonds. The topological polar surface area (TPSA) is 17.8 Å². The minimum absolute atomic E-state index is 0.0175. The molecule has 0 bridgehead atoms. The molecule has 3 heteroatoms. The van der Waals surface area contributed by atoms with Crippen molar-refractivity contribution in [1.29, 1.82) is 0 Å². The Morgan fingerprint density at radius 2 is 1.75 bits per heavy atom. The van der Waals surface area contributed by atoms with Crippen molar-refractivity contribution >= 4 is 11.6 Å². The number of rotatable bonds is 1. The third-order valence-corrected chi connectivity index (χ3v) is 2.70. The first kappa shape index (κ1) is 11.2. The van der Waals surface area contributed by atoms with Crippen molar-refractivity contribution in [3.05, 3.63) is 47.2 Å². The summed E-state index contributed by atoms with van der Waals surface area (Å²) in [6.07, 6.45) is 0. The normalized spacial score (nSPS) is 11.8. The maximum atomic E-state index is 6.19. The lowest BCUT2D eigenvalue weighted by molar-refractivity contribution is 0.560. The lowest BCUT2D eigenvalue weighted by atomic mass is 9.93. The molecule has 16 heavy (non-hydrogen) atoms. The number of hydrogen-bond acceptors (Lipinski definition) is 1. The summed E-state index contributed by atoms with van der Waals surface area (Å²) in [5, 5.41) is 5.19. The Kier molecular flexibility index (Phi) is 2.76. The third-order valence-electron chi connectivity index (χ3n) is 2.44. The summed E-state index contributed by atoms with van der Waals surface area (Å²) < 4.78 is 1.77. The highest BCUT2D eigenvalue weighted by Crippen LogP contribution is 2.25. The van der Waals surface area contributed by atoms with E-state index in [0.29, 0.717) is 5.15 Å². The fourth-order valence-corrected chi connectivity index (χ4v) is 1.71. The number of halogens is 1. The number of benzene rings is 1. The van der Waals surface area contributed by atoms with E-state index in [2.05, 4.69) is 25.9 Å². The van der Waals surface area contributed by atoms with Crippen LogP contribution in [0, 0.1) is 0 Å². The minimum Gasteiger partial charge on any atom is -0.222 e. The molecule has 2 nitrogen and oxygen atoms in total. The number of hydrogen-bond donors (Lipinski definition) is 0. The highest BCUT2D eigenvalue weighted by atomic mass is 35.5. The lowest BCUT2D eigenvalue weighted by Gasteiger charge is -2.14. The van der Waals surface area contributed by atoms with Crippen LogP contribution in [-0.4, -0.2) is 9.78 Å². The molecule has 2 aromatic rings. The second kappa shape index (κ2) is 3.95. The molecule has 84 valence electrons. The van der Waals surface area contributed by atoms with E-state index in [9.17, 15) is 0 Å². The number of nitrogens with zero attached hydrogens (tertiary/aromatic N) is 2. The molecule has 0 saturated carbocycles. The van der Waals surface area contributed by atoms with Gasteiger partial charge in [0.1, 0.15) is 5.15 Å². The molecule has 2 rings (SSSR count). The van der Waals surface area contributed by atoms with E-state index in [4.69, 9.17) is 11.6 Å². The summed E-state index contributed by atoms with van der Waals surface area (Å²) >= 11 is 6.19. The van der Waals surface area contributed by atoms with E-state index in [1.807, 2.05) is 36.4 Å². The second-order valence-corrected chi connectivity index (χ2v) is 5.24. The predicted molar refractivity (Wildman–Crippen MR) is 67.3 cm³/mol. The molecule has 0 unspecified atom stereocenters. The minimum atomic E-state index is 0.0175. The van der Waals surface area contributed by atoms with E-state index in [0.717, 1.165) is 11.4 Å². The van der Waals surface area contributed by atoms with Gasteiger partial charge in [-0.15, -0.1) is 0 Å². The molecule has 0 aliphatic rings. The van der Waals surface area contributed by atoms with Gasteiger partial charge in [-0.1, -0.05) is 50.6 Å². The van der Waals surface area contributed by atoms with Crippen LogP contribution in [0.3, 0.4) is 0 Å². The molecule has 1 aromatic heterocycles. The molecule has 0 N–H and O–H groups in total. The van der Waals surface area contributed by atoms with Gasteiger partial charge in [-0.2, -0.15) is 5.10 Å². The monoisotopic (exact) mass is 234 g/mol. The van der Waals surface area contributed by atoms with Crippen LogP contribution in [0.2, 0.25) is 5.15 Å². The zero-order chi connectivity index (χ0) is 11.8. The van der Waals surface area contributed by atoms with Gasteiger partial charge in [0.05, 0.1) is 11.4 Å². The van der Waals surface area contributed by atoms with Crippen molar-refractivity contribution in [2.45, 2.75) is 26.2 Å². The SMILES string of the molecule is CC(C)(C)c1cc(Cl)n(-c2ccccc2)n1. The van der Waals surface area contributed by atoms with E-state index < -0.39 is 0 Å². The smallest absolute Gasteiger partial charge is 0.133 e. The lowest BCUT2D eigenvalue weighted by Crippen LogP contribution is -2.12. The summed E-state index contributed by atoms with van der Waals surface area (Å²) in [4.78, 5) is 0. The molecule has 0 aliphatic carbocycles. The van der Waals surface area contributed by atoms with E-state index >= 15 is 0 Å². The molecular formula is C13H15ClN2. The Hall–Kier alpha value is -1.28. The van der Waals surface area contributed by atoms with E-state index in [1.54, 1.807) is 4.68 Å². The molecule has 1 heterocycles. The van der Waals surface area contributed by atoms with Crippen LogP contribution in [-0.2, 0) is 5.41 Å². The Morgan fingerprint density at radius 3 is 2.25 bits per heavy atom. The largest absolute Gasteiger partial charge is 0.222 e. The standard InChI is InChI=1S/C13H15ClN2/c1-13(2,3)11-9-12(14)16(15-11)10-7-5-4-6-8-10/h4-9H,1-3H3. The third kappa shape index (κ3) is 2.12. The first-order valence-corrected chi connectivity index (χ1v) is 5.68. The average molecular weight is 235 g/mol. The molecule has 1 aromatic carbocycles. The molecule has 0 spiro atoms. The number of para-hydroxylation sites is 1. The fraction of sp³-hybridized carbons (Fsp3) is 0.308. The van der Waals surface area contributed by atoms with Crippen LogP contribution in [0.5, 0.6) is 0 Å². The molecule has 0 fully saturated rings. The quantitative estimate of drug-likeness (QED) is 0.734. The van der Waals surface area contributed by atoms with Gasteiger partial charge in [0, 0.05) is 5.41 Å². The maximum absolute atomic E-state index is 6.19. The van der Waals surface area contributed by atoms with Gasteiger partial charge in [-0.3, -0.25) is 0 Å². The van der Waals surface area contributed by atoms with Crippen LogP contribution in [0.1, 0.15) is 26.5 Å². The summed E-state index contributed by atoms with van der Waals surface area (Å²) in [5.74, 6) is 0. The van der Waals surface area contributed by atoms with Gasteiger partial charge in [0.25, 0.3) is 0 Å². The summed E-state index contributed by atoms with van der Waals surface area (Å²) in [6.45, 7) is 6.38. The zero-order valence-corrected chi connectivity index (χ0v) is 10.5. The van der Waals surface area contributed by atoms with Gasteiger partial charge in [-0.05, 0) is 18.2 Å². The fourth-order valence-electron chi connectivity index (χ4n) is 1.48. The van der Waals surface area contributed by atoms with Gasteiger partial charge in [0.2, 0.25) is 0 Å². The highest BCUT2D eigenvalue weighted by Gasteiger charge is 2.19. The average Bonchev–Trinajstić information content (AvgIpc) is 2.61. The maximum Gasteiger partial charge on any atom is 0.133 e. The van der Waals surface area contributed by atoms with Gasteiger partial charge in [0.15, 0.2) is 0 Å². The molecule has 0 radical (unpaired) electrons. The second-order valence-electron chi connectivity index (χ2n) is 4.85.